The van der Waals surface area contributed by atoms with E-state index in [-0.39, 0.29) is 49.9 Å². The maximum absolute atomic E-state index is 10.2. The zero-order chi connectivity index (χ0) is 15.1. The van der Waals surface area contributed by atoms with Crippen LogP contribution in [0.15, 0.2) is 48.5 Å². The first-order valence-electron chi connectivity index (χ1n) is 5.45. The molecule has 0 aliphatic heterocycles. The van der Waals surface area contributed by atoms with Gasteiger partial charge in [-0.2, -0.15) is 0 Å². The molecular weight excluding hydrogens is 377 g/mol. The van der Waals surface area contributed by atoms with Gasteiger partial charge in [0.05, 0.1) is 11.1 Å². The van der Waals surface area contributed by atoms with Crippen molar-refractivity contribution in [3.05, 3.63) is 59.7 Å². The topological polar surface area (TPSA) is 115 Å². The van der Waals surface area contributed by atoms with Crippen molar-refractivity contribution in [1.82, 2.24) is 0 Å². The normalized spacial score (nSPS) is 8.76. The van der Waals surface area contributed by atoms with Crippen LogP contribution in [0, 0.1) is 0 Å². The summed E-state index contributed by atoms with van der Waals surface area (Å²) in [5, 5.41) is 34.3. The van der Waals surface area contributed by atoms with Crippen LogP contribution in [0.2, 0.25) is 0 Å². The van der Waals surface area contributed by atoms with Crippen molar-refractivity contribution in [2.45, 2.75) is 0 Å². The second kappa shape index (κ2) is 8.95. The van der Waals surface area contributed by atoms with Gasteiger partial charge in [0.2, 0.25) is 0 Å². The molecule has 6 nitrogen and oxygen atoms in total. The van der Waals surface area contributed by atoms with E-state index in [1.807, 2.05) is 0 Å². The Balaban J connectivity index is 0.000000364. The number of hydrogen-bond donors (Lipinski definition) is 4. The van der Waals surface area contributed by atoms with Gasteiger partial charge < -0.3 is 20.4 Å². The van der Waals surface area contributed by atoms with Gasteiger partial charge in [0.15, 0.2) is 0 Å². The molecule has 0 aliphatic rings. The van der Waals surface area contributed by atoms with Crippen molar-refractivity contribution in [3.63, 3.8) is 0 Å². The zero-order valence-electron chi connectivity index (χ0n) is 10.9. The van der Waals surface area contributed by atoms with Crippen LogP contribution in [0.5, 0.6) is 11.5 Å². The molecule has 0 unspecified atom stereocenters. The molecule has 0 aliphatic carbocycles. The van der Waals surface area contributed by atoms with Crippen molar-refractivity contribution in [2.75, 3.05) is 0 Å². The van der Waals surface area contributed by atoms with E-state index in [0.29, 0.717) is 0 Å². The molecule has 0 aromatic heterocycles. The zero-order valence-corrected chi connectivity index (χ0v) is 15.0. The third-order valence-corrected chi connectivity index (χ3v) is 2.23. The van der Waals surface area contributed by atoms with Crippen molar-refractivity contribution in [1.29, 1.82) is 0 Å². The van der Waals surface area contributed by atoms with Crippen LogP contribution < -0.4 is 0 Å². The van der Waals surface area contributed by atoms with E-state index in [1.165, 1.54) is 48.5 Å². The summed E-state index contributed by atoms with van der Waals surface area (Å²) in [5.41, 5.74) is 0.357. The molecule has 2 rings (SSSR count). The number of hydrogen-bond acceptors (Lipinski definition) is 4. The second-order valence-electron chi connectivity index (χ2n) is 3.70. The van der Waals surface area contributed by atoms with Gasteiger partial charge in [0, 0.05) is 27.3 Å². The predicted octanol–water partition coefficient (Wildman–Crippen LogP) is 2.18. The minimum atomic E-state index is -0.986. The number of phenolic OH excluding ortho intramolecular Hbond substituents is 2. The summed E-state index contributed by atoms with van der Waals surface area (Å²) in [6, 6.07) is 10.7. The molecule has 0 spiro atoms. The van der Waals surface area contributed by atoms with E-state index in [1.54, 1.807) is 0 Å². The molecule has 0 fully saturated rings. The van der Waals surface area contributed by atoms with Gasteiger partial charge in [-0.15, -0.1) is 0 Å². The summed E-state index contributed by atoms with van der Waals surface area (Å²) < 4.78 is 0. The summed E-state index contributed by atoms with van der Waals surface area (Å²) in [4.78, 5) is 20.5. The van der Waals surface area contributed by atoms with Gasteiger partial charge in [-0.05, 0) is 48.5 Å². The van der Waals surface area contributed by atoms with Crippen LogP contribution in [-0.4, -0.2) is 32.4 Å². The molecule has 106 valence electrons. The molecule has 0 bridgehead atoms. The Morgan fingerprint density at radius 3 is 1.05 bits per heavy atom. The smallest absolute Gasteiger partial charge is 0.335 e. The molecule has 0 saturated heterocycles. The largest absolute Gasteiger partial charge is 0.508 e. The van der Waals surface area contributed by atoms with Gasteiger partial charge in [-0.3, -0.25) is 0 Å². The summed E-state index contributed by atoms with van der Waals surface area (Å²) in [6.45, 7) is 0. The van der Waals surface area contributed by atoms with E-state index in [9.17, 15) is 9.59 Å². The Labute approximate surface area is 140 Å². The minimum absolute atomic E-state index is 0. The van der Waals surface area contributed by atoms with E-state index in [4.69, 9.17) is 20.4 Å². The monoisotopic (exact) mass is 390 g/mol. The molecule has 21 heavy (non-hydrogen) atoms. The summed E-state index contributed by atoms with van der Waals surface area (Å²) in [7, 11) is 0. The van der Waals surface area contributed by atoms with E-state index >= 15 is 0 Å². The van der Waals surface area contributed by atoms with Crippen molar-refractivity contribution in [3.8, 4) is 11.5 Å². The van der Waals surface area contributed by atoms with Crippen molar-refractivity contribution < 1.29 is 57.3 Å². The first-order chi connectivity index (χ1) is 9.40. The maximum atomic E-state index is 10.2. The second-order valence-corrected chi connectivity index (χ2v) is 3.70. The molecule has 2 aromatic rings. The number of carboxylic acids is 2. The molecule has 0 atom stereocenters. The number of phenols is 2. The Hall–Kier alpha value is -2.10. The fourth-order valence-electron chi connectivity index (χ4n) is 1.21. The average Bonchev–Trinajstić information content (AvgIpc) is 2.40. The first-order valence-corrected chi connectivity index (χ1v) is 5.45. The number of aromatic hydroxyl groups is 2. The number of rotatable bonds is 2. The Kier molecular flexibility index (Phi) is 8.06. The van der Waals surface area contributed by atoms with Crippen LogP contribution >= 0.6 is 0 Å². The first kappa shape index (κ1) is 18.9. The summed E-state index contributed by atoms with van der Waals surface area (Å²) in [5.74, 6) is -1.82. The quantitative estimate of drug-likeness (QED) is 0.586. The molecule has 2 aromatic carbocycles. The van der Waals surface area contributed by atoms with E-state index < -0.39 is 11.9 Å². The van der Waals surface area contributed by atoms with Crippen LogP contribution in [0.4, 0.5) is 0 Å². The number of carbonyl (C=O) groups is 2. The molecule has 4 N–H and O–H groups in total. The van der Waals surface area contributed by atoms with Crippen LogP contribution in [0.1, 0.15) is 20.7 Å². The average molecular weight is 389 g/mol. The van der Waals surface area contributed by atoms with Gasteiger partial charge in [-0.25, -0.2) is 9.59 Å². The molecule has 0 saturated carbocycles. The van der Waals surface area contributed by atoms with Crippen LogP contribution in [0.3, 0.4) is 0 Å². The van der Waals surface area contributed by atoms with Gasteiger partial charge in [-0.1, -0.05) is 0 Å². The Bertz CT molecular complexity index is 536. The fraction of sp³-hybridized carbons (Fsp3) is 0. The summed E-state index contributed by atoms with van der Waals surface area (Å²) in [6.07, 6.45) is 0. The van der Waals surface area contributed by atoms with E-state index in [2.05, 4.69) is 0 Å². The predicted molar refractivity (Wildman–Crippen MR) is 70.1 cm³/mol. The SMILES string of the molecule is O=C(O)c1ccc(O)cc1.O=C(O)c1ccc(O)cc1.[Cd]. The number of carboxylic acid groups (broad SMARTS) is 2. The van der Waals surface area contributed by atoms with E-state index in [0.717, 1.165) is 0 Å². The maximum Gasteiger partial charge on any atom is 0.335 e. The Morgan fingerprint density at radius 2 is 0.857 bits per heavy atom. The molecule has 0 amide bonds. The van der Waals surface area contributed by atoms with Gasteiger partial charge in [0.25, 0.3) is 0 Å². The van der Waals surface area contributed by atoms with Gasteiger partial charge >= 0.3 is 11.9 Å². The van der Waals surface area contributed by atoms with Crippen LogP contribution in [0.25, 0.3) is 0 Å². The third kappa shape index (κ3) is 6.75. The Morgan fingerprint density at radius 1 is 0.619 bits per heavy atom. The minimum Gasteiger partial charge on any atom is -0.508 e. The van der Waals surface area contributed by atoms with Crippen molar-refractivity contribution in [2.24, 2.45) is 0 Å². The molecule has 0 radical (unpaired) electrons. The fourth-order valence-corrected chi connectivity index (χ4v) is 1.21. The van der Waals surface area contributed by atoms with Crippen molar-refractivity contribution >= 4 is 11.9 Å². The van der Waals surface area contributed by atoms with Gasteiger partial charge in [0.1, 0.15) is 11.5 Å². The summed E-state index contributed by atoms with van der Waals surface area (Å²) >= 11 is 0. The number of benzene rings is 2. The molecule has 7 heteroatoms. The standard InChI is InChI=1S/2C7H6O3.Cd/c2*8-6-3-1-5(2-4-6)7(9)10;/h2*1-4,8H,(H,9,10);. The van der Waals surface area contributed by atoms with Crippen LogP contribution in [-0.2, 0) is 27.3 Å². The molecule has 0 heterocycles. The number of aromatic carboxylic acids is 2. The third-order valence-electron chi connectivity index (χ3n) is 2.23. The molecular formula is C14H12CdO6.